The van der Waals surface area contributed by atoms with E-state index in [9.17, 15) is 14.7 Å². The monoisotopic (exact) mass is 277 g/mol. The Balaban J connectivity index is 2.24. The molecular formula is C15H19NO4. The molecule has 1 amide bonds. The number of nitrogens with zero attached hydrogens (tertiary/aromatic N) is 1. The van der Waals surface area contributed by atoms with Gasteiger partial charge in [-0.2, -0.15) is 0 Å². The summed E-state index contributed by atoms with van der Waals surface area (Å²) in [5, 5.41) is 9.36. The van der Waals surface area contributed by atoms with Gasteiger partial charge in [-0.25, -0.2) is 0 Å². The van der Waals surface area contributed by atoms with E-state index in [0.29, 0.717) is 13.2 Å². The fourth-order valence-corrected chi connectivity index (χ4v) is 2.62. The second-order valence-electron chi connectivity index (χ2n) is 5.16. The van der Waals surface area contributed by atoms with E-state index in [1.54, 1.807) is 18.9 Å². The van der Waals surface area contributed by atoms with Gasteiger partial charge in [0.2, 0.25) is 5.91 Å². The molecule has 0 saturated carbocycles. The minimum Gasteiger partial charge on any atom is -0.481 e. The minimum absolute atomic E-state index is 0.0624. The van der Waals surface area contributed by atoms with Gasteiger partial charge in [0.05, 0.1) is 18.4 Å². The molecule has 0 aliphatic carbocycles. The van der Waals surface area contributed by atoms with Crippen molar-refractivity contribution in [2.24, 2.45) is 5.92 Å². The molecule has 1 aliphatic rings. The molecule has 2 atom stereocenters. The average molecular weight is 277 g/mol. The van der Waals surface area contributed by atoms with Gasteiger partial charge in [0.1, 0.15) is 0 Å². The Morgan fingerprint density at radius 1 is 1.45 bits per heavy atom. The number of fused-ring (bicyclic) bond motifs is 1. The smallest absolute Gasteiger partial charge is 0.312 e. The fraction of sp³-hybridized carbons (Fsp3) is 0.467. The number of hydrogen-bond acceptors (Lipinski definition) is 3. The summed E-state index contributed by atoms with van der Waals surface area (Å²) in [5.41, 5.74) is 1.72. The van der Waals surface area contributed by atoms with Crippen molar-refractivity contribution in [3.8, 4) is 0 Å². The summed E-state index contributed by atoms with van der Waals surface area (Å²) >= 11 is 0. The maximum atomic E-state index is 12.3. The molecule has 5 nitrogen and oxygen atoms in total. The highest BCUT2D eigenvalue weighted by molar-refractivity contribution is 5.82. The molecule has 0 aromatic heterocycles. The summed E-state index contributed by atoms with van der Waals surface area (Å²) in [6.45, 7) is 2.82. The molecule has 1 N–H and O–H groups in total. The first kappa shape index (κ1) is 14.5. The van der Waals surface area contributed by atoms with Crippen molar-refractivity contribution in [3.05, 3.63) is 35.4 Å². The van der Waals surface area contributed by atoms with E-state index in [1.807, 2.05) is 24.3 Å². The normalized spacial score (nSPS) is 19.3. The molecule has 0 radical (unpaired) electrons. The number of hydrogen-bond donors (Lipinski definition) is 1. The van der Waals surface area contributed by atoms with Crippen LogP contribution in [0.1, 0.15) is 24.0 Å². The maximum Gasteiger partial charge on any atom is 0.312 e. The van der Waals surface area contributed by atoms with E-state index < -0.39 is 11.9 Å². The van der Waals surface area contributed by atoms with Crippen molar-refractivity contribution in [1.82, 2.24) is 4.90 Å². The lowest BCUT2D eigenvalue weighted by atomic mass is 9.89. The Labute approximate surface area is 118 Å². The Morgan fingerprint density at radius 2 is 2.15 bits per heavy atom. The highest BCUT2D eigenvalue weighted by atomic mass is 16.5. The summed E-state index contributed by atoms with van der Waals surface area (Å²) in [7, 11) is 1.55. The molecule has 1 aromatic carbocycles. The van der Waals surface area contributed by atoms with Gasteiger partial charge in [0.15, 0.2) is 0 Å². The van der Waals surface area contributed by atoms with Gasteiger partial charge in [-0.15, -0.1) is 0 Å². The van der Waals surface area contributed by atoms with E-state index in [0.717, 1.165) is 11.1 Å². The van der Waals surface area contributed by atoms with Gasteiger partial charge in [-0.05, 0) is 11.1 Å². The molecule has 5 heteroatoms. The molecule has 20 heavy (non-hydrogen) atoms. The first-order valence-corrected chi connectivity index (χ1v) is 6.63. The number of carboxylic acids is 1. The van der Waals surface area contributed by atoms with Crippen molar-refractivity contribution in [3.63, 3.8) is 0 Å². The van der Waals surface area contributed by atoms with Gasteiger partial charge < -0.3 is 14.7 Å². The number of carbonyl (C=O) groups is 2. The second-order valence-corrected chi connectivity index (χ2v) is 5.16. The van der Waals surface area contributed by atoms with Crippen LogP contribution in [0.4, 0.5) is 0 Å². The Morgan fingerprint density at radius 3 is 2.80 bits per heavy atom. The third-order valence-electron chi connectivity index (χ3n) is 3.64. The Bertz CT molecular complexity index is 514. The summed E-state index contributed by atoms with van der Waals surface area (Å²) in [6, 6.07) is 7.41. The van der Waals surface area contributed by atoms with E-state index in [2.05, 4.69) is 0 Å². The van der Waals surface area contributed by atoms with Crippen LogP contribution in [0.5, 0.6) is 0 Å². The van der Waals surface area contributed by atoms with Crippen LogP contribution in [0.3, 0.4) is 0 Å². The van der Waals surface area contributed by atoms with Crippen molar-refractivity contribution >= 4 is 11.9 Å². The third kappa shape index (κ3) is 2.82. The third-order valence-corrected chi connectivity index (χ3v) is 3.64. The molecule has 0 bridgehead atoms. The first-order valence-electron chi connectivity index (χ1n) is 6.63. The lowest BCUT2D eigenvalue weighted by molar-refractivity contribution is -0.143. The van der Waals surface area contributed by atoms with Gasteiger partial charge in [0.25, 0.3) is 0 Å². The SMILES string of the molecule is COCC(C)C(=O)N1Cc2ccccc2C(C(=O)O)C1. The van der Waals surface area contributed by atoms with Crippen LogP contribution in [0.25, 0.3) is 0 Å². The van der Waals surface area contributed by atoms with Gasteiger partial charge >= 0.3 is 5.97 Å². The van der Waals surface area contributed by atoms with E-state index in [1.165, 1.54) is 0 Å². The topological polar surface area (TPSA) is 66.8 Å². The van der Waals surface area contributed by atoms with Crippen LogP contribution >= 0.6 is 0 Å². The number of ether oxygens (including phenoxy) is 1. The van der Waals surface area contributed by atoms with Crippen LogP contribution in [0.15, 0.2) is 24.3 Å². The number of amides is 1. The summed E-state index contributed by atoms with van der Waals surface area (Å²) in [5.74, 6) is -1.87. The largest absolute Gasteiger partial charge is 0.481 e. The molecule has 1 aliphatic heterocycles. The molecule has 1 aromatic rings. The molecule has 2 unspecified atom stereocenters. The summed E-state index contributed by atoms with van der Waals surface area (Å²) in [6.07, 6.45) is 0. The molecule has 0 saturated heterocycles. The van der Waals surface area contributed by atoms with Crippen molar-refractivity contribution in [1.29, 1.82) is 0 Å². The number of methoxy groups -OCH3 is 1. The Kier molecular flexibility index (Phi) is 4.39. The maximum absolute atomic E-state index is 12.3. The molecule has 0 spiro atoms. The van der Waals surface area contributed by atoms with Gasteiger partial charge in [-0.1, -0.05) is 31.2 Å². The number of carbonyl (C=O) groups excluding carboxylic acids is 1. The van der Waals surface area contributed by atoms with Crippen molar-refractivity contribution in [2.45, 2.75) is 19.4 Å². The molecule has 2 rings (SSSR count). The number of carboxylic acid groups (broad SMARTS) is 1. The lowest BCUT2D eigenvalue weighted by Crippen LogP contribution is -2.43. The second kappa shape index (κ2) is 6.05. The predicted octanol–water partition coefficient (Wildman–Crippen LogP) is 1.48. The zero-order valence-corrected chi connectivity index (χ0v) is 11.7. The van der Waals surface area contributed by atoms with E-state index in [4.69, 9.17) is 4.74 Å². The van der Waals surface area contributed by atoms with E-state index in [-0.39, 0.29) is 18.4 Å². The predicted molar refractivity (Wildman–Crippen MR) is 73.3 cm³/mol. The van der Waals surface area contributed by atoms with Crippen LogP contribution in [-0.4, -0.2) is 42.1 Å². The zero-order valence-electron chi connectivity index (χ0n) is 11.7. The molecule has 1 heterocycles. The van der Waals surface area contributed by atoms with Gasteiger partial charge in [-0.3, -0.25) is 9.59 Å². The zero-order chi connectivity index (χ0) is 14.7. The highest BCUT2D eigenvalue weighted by Crippen LogP contribution is 2.29. The van der Waals surface area contributed by atoms with Crippen molar-refractivity contribution in [2.75, 3.05) is 20.3 Å². The minimum atomic E-state index is -0.894. The molecule has 108 valence electrons. The fourth-order valence-electron chi connectivity index (χ4n) is 2.62. The number of rotatable bonds is 4. The van der Waals surface area contributed by atoms with Crippen molar-refractivity contribution < 1.29 is 19.4 Å². The standard InChI is InChI=1S/C15H19NO4/c1-10(9-20-2)14(17)16-7-11-5-3-4-6-12(11)13(8-16)15(18)19/h3-6,10,13H,7-9H2,1-2H3,(H,18,19). The van der Waals surface area contributed by atoms with Crippen LogP contribution in [0, 0.1) is 5.92 Å². The quantitative estimate of drug-likeness (QED) is 0.905. The summed E-state index contributed by atoms with van der Waals surface area (Å²) in [4.78, 5) is 25.4. The lowest BCUT2D eigenvalue weighted by Gasteiger charge is -2.34. The van der Waals surface area contributed by atoms with Gasteiger partial charge in [0, 0.05) is 20.2 Å². The average Bonchev–Trinajstić information content (AvgIpc) is 2.45. The molecule has 0 fully saturated rings. The van der Waals surface area contributed by atoms with Crippen LogP contribution < -0.4 is 0 Å². The van der Waals surface area contributed by atoms with Crippen LogP contribution in [0.2, 0.25) is 0 Å². The summed E-state index contributed by atoms with van der Waals surface area (Å²) < 4.78 is 5.00. The molecular weight excluding hydrogens is 258 g/mol. The number of benzene rings is 1. The van der Waals surface area contributed by atoms with Crippen LogP contribution in [-0.2, 0) is 20.9 Å². The number of aliphatic carboxylic acids is 1. The first-order chi connectivity index (χ1) is 9.54. The van der Waals surface area contributed by atoms with E-state index >= 15 is 0 Å². The highest BCUT2D eigenvalue weighted by Gasteiger charge is 2.33. The Hall–Kier alpha value is -1.88.